The Balaban J connectivity index is 2.13. The molecule has 0 aromatic rings. The monoisotopic (exact) mass is 113 g/mol. The molecule has 1 saturated carbocycles. The molecule has 3 atom stereocenters. The summed E-state index contributed by atoms with van der Waals surface area (Å²) in [6.07, 6.45) is 2.24. The van der Waals surface area contributed by atoms with Gasteiger partial charge < -0.3 is 5.11 Å². The van der Waals surface area contributed by atoms with Crippen LogP contribution in [0.15, 0.2) is 0 Å². The molecule has 1 N–H and O–H groups in total. The first-order valence-electron chi connectivity index (χ1n) is 3.19. The molecular weight excluding hydrogens is 102 g/mol. The van der Waals surface area contributed by atoms with Crippen LogP contribution in [0.1, 0.15) is 12.8 Å². The predicted octanol–water partition coefficient (Wildman–Crippen LogP) is -0.176. The molecule has 3 unspecified atom stereocenters. The van der Waals surface area contributed by atoms with Crippen LogP contribution in [0.2, 0.25) is 0 Å². The number of likely N-dealkylation sites (N-methyl/N-ethyl adjacent to an activating group) is 1. The molecule has 2 aliphatic heterocycles. The van der Waals surface area contributed by atoms with E-state index in [1.54, 1.807) is 0 Å². The molecule has 0 radical (unpaired) electrons. The molecule has 2 bridgehead atoms. The van der Waals surface area contributed by atoms with Crippen molar-refractivity contribution in [1.82, 2.24) is 4.90 Å². The number of rotatable bonds is 0. The van der Waals surface area contributed by atoms with E-state index in [4.69, 9.17) is 5.11 Å². The number of nitrogens with zero attached hydrogens (tertiary/aromatic N) is 1. The summed E-state index contributed by atoms with van der Waals surface area (Å²) < 4.78 is 0. The van der Waals surface area contributed by atoms with Gasteiger partial charge in [0.15, 0.2) is 0 Å². The number of aliphatic hydroxyl groups excluding tert-OH is 1. The Morgan fingerprint density at radius 2 is 2.25 bits per heavy atom. The maximum atomic E-state index is 9.17. The highest BCUT2D eigenvalue weighted by atomic mass is 16.3. The van der Waals surface area contributed by atoms with Crippen LogP contribution in [-0.2, 0) is 0 Å². The van der Waals surface area contributed by atoms with Gasteiger partial charge in [0, 0.05) is 12.1 Å². The fourth-order valence-corrected chi connectivity index (χ4v) is 1.87. The minimum atomic E-state index is -0.00926. The highest BCUT2D eigenvalue weighted by Crippen LogP contribution is 2.38. The maximum Gasteiger partial charge on any atom is 0.0710 e. The van der Waals surface area contributed by atoms with Gasteiger partial charge in [-0.25, -0.2) is 0 Å². The average molecular weight is 113 g/mol. The molecule has 3 fully saturated rings. The van der Waals surface area contributed by atoms with E-state index in [2.05, 4.69) is 11.9 Å². The zero-order valence-electron chi connectivity index (χ0n) is 5.04. The van der Waals surface area contributed by atoms with E-state index in [0.29, 0.717) is 6.04 Å². The van der Waals surface area contributed by atoms with Crippen molar-refractivity contribution >= 4 is 0 Å². The van der Waals surface area contributed by atoms with Crippen LogP contribution in [0, 0.1) is 0 Å². The summed E-state index contributed by atoms with van der Waals surface area (Å²) in [6, 6.07) is 1.23. The molecule has 46 valence electrons. The lowest BCUT2D eigenvalue weighted by molar-refractivity contribution is 0.0627. The van der Waals surface area contributed by atoms with Crippen molar-refractivity contribution in [3.05, 3.63) is 0 Å². The highest BCUT2D eigenvalue weighted by Gasteiger charge is 2.48. The Bertz CT molecular complexity index is 111. The molecule has 3 aliphatic rings. The molecule has 3 rings (SSSR count). The summed E-state index contributed by atoms with van der Waals surface area (Å²) in [5.74, 6) is 0. The Labute approximate surface area is 49.1 Å². The fourth-order valence-electron chi connectivity index (χ4n) is 1.87. The van der Waals surface area contributed by atoms with Gasteiger partial charge in [-0.3, -0.25) is 4.90 Å². The SMILES string of the molecule is CN1C2CC(O)C1C2. The van der Waals surface area contributed by atoms with E-state index in [9.17, 15) is 0 Å². The Kier molecular flexibility index (Phi) is 0.746. The van der Waals surface area contributed by atoms with Gasteiger partial charge in [-0.05, 0) is 19.9 Å². The molecule has 0 aromatic carbocycles. The standard InChI is InChI=1S/C6H11NO/c1-7-4-2-5(7)6(8)3-4/h4-6,8H,2-3H2,1H3. The van der Waals surface area contributed by atoms with Crippen LogP contribution >= 0.6 is 0 Å². The van der Waals surface area contributed by atoms with E-state index in [-0.39, 0.29) is 6.10 Å². The molecule has 2 heterocycles. The van der Waals surface area contributed by atoms with E-state index in [1.165, 1.54) is 6.42 Å². The summed E-state index contributed by atoms with van der Waals surface area (Å²) in [4.78, 5) is 2.27. The van der Waals surface area contributed by atoms with Crippen molar-refractivity contribution in [2.75, 3.05) is 7.05 Å². The topological polar surface area (TPSA) is 23.5 Å². The van der Waals surface area contributed by atoms with E-state index >= 15 is 0 Å². The molecule has 1 aliphatic carbocycles. The van der Waals surface area contributed by atoms with Crippen LogP contribution in [0.5, 0.6) is 0 Å². The lowest BCUT2D eigenvalue weighted by Gasteiger charge is -2.37. The van der Waals surface area contributed by atoms with Gasteiger partial charge in [0.25, 0.3) is 0 Å². The van der Waals surface area contributed by atoms with Crippen LogP contribution in [0.3, 0.4) is 0 Å². The number of hydrogen-bond acceptors (Lipinski definition) is 2. The molecular formula is C6H11NO. The van der Waals surface area contributed by atoms with Crippen molar-refractivity contribution in [3.63, 3.8) is 0 Å². The van der Waals surface area contributed by atoms with Gasteiger partial charge in [-0.1, -0.05) is 0 Å². The van der Waals surface area contributed by atoms with Crippen LogP contribution in [-0.4, -0.2) is 35.2 Å². The first-order valence-corrected chi connectivity index (χ1v) is 3.19. The molecule has 8 heavy (non-hydrogen) atoms. The maximum absolute atomic E-state index is 9.17. The smallest absolute Gasteiger partial charge is 0.0710 e. The summed E-state index contributed by atoms with van der Waals surface area (Å²) >= 11 is 0. The second-order valence-corrected chi connectivity index (χ2v) is 2.93. The Morgan fingerprint density at radius 3 is 2.38 bits per heavy atom. The van der Waals surface area contributed by atoms with Gasteiger partial charge in [-0.2, -0.15) is 0 Å². The second kappa shape index (κ2) is 1.25. The first kappa shape index (κ1) is 4.77. The fraction of sp³-hybridized carbons (Fsp3) is 1.00. The molecule has 2 saturated heterocycles. The summed E-state index contributed by atoms with van der Waals surface area (Å²) in [6.45, 7) is 0. The zero-order valence-corrected chi connectivity index (χ0v) is 5.04. The Morgan fingerprint density at radius 1 is 1.50 bits per heavy atom. The summed E-state index contributed by atoms with van der Waals surface area (Å²) in [5.41, 5.74) is 0. The molecule has 0 amide bonds. The van der Waals surface area contributed by atoms with Crippen molar-refractivity contribution in [2.45, 2.75) is 31.0 Å². The number of aliphatic hydroxyl groups is 1. The lowest BCUT2D eigenvalue weighted by atomic mass is 10.1. The second-order valence-electron chi connectivity index (χ2n) is 2.93. The molecule has 2 heteroatoms. The van der Waals surface area contributed by atoms with Gasteiger partial charge in [-0.15, -0.1) is 0 Å². The van der Waals surface area contributed by atoms with Crippen LogP contribution in [0.25, 0.3) is 0 Å². The lowest BCUT2D eigenvalue weighted by Crippen LogP contribution is -2.47. The first-order chi connectivity index (χ1) is 3.79. The van der Waals surface area contributed by atoms with Crippen molar-refractivity contribution in [2.24, 2.45) is 0 Å². The molecule has 2 nitrogen and oxygen atoms in total. The third-order valence-corrected chi connectivity index (χ3v) is 2.57. The van der Waals surface area contributed by atoms with Crippen LogP contribution < -0.4 is 0 Å². The minimum absolute atomic E-state index is 0.00926. The minimum Gasteiger partial charge on any atom is -0.391 e. The third-order valence-electron chi connectivity index (χ3n) is 2.57. The summed E-state index contributed by atoms with van der Waals surface area (Å²) in [7, 11) is 2.09. The van der Waals surface area contributed by atoms with E-state index in [1.807, 2.05) is 0 Å². The quantitative estimate of drug-likeness (QED) is 0.471. The largest absolute Gasteiger partial charge is 0.391 e. The van der Waals surface area contributed by atoms with Crippen molar-refractivity contribution < 1.29 is 5.11 Å². The molecule has 0 spiro atoms. The zero-order chi connectivity index (χ0) is 5.72. The Hall–Kier alpha value is -0.0800. The third kappa shape index (κ3) is 0.361. The van der Waals surface area contributed by atoms with Gasteiger partial charge in [0.05, 0.1) is 6.10 Å². The van der Waals surface area contributed by atoms with Crippen LogP contribution in [0.4, 0.5) is 0 Å². The van der Waals surface area contributed by atoms with Gasteiger partial charge >= 0.3 is 0 Å². The molecule has 0 aromatic heterocycles. The summed E-state index contributed by atoms with van der Waals surface area (Å²) in [5, 5.41) is 9.17. The van der Waals surface area contributed by atoms with E-state index in [0.717, 1.165) is 12.5 Å². The van der Waals surface area contributed by atoms with Crippen molar-refractivity contribution in [3.8, 4) is 0 Å². The average Bonchev–Trinajstić information content (AvgIpc) is 2.19. The predicted molar refractivity (Wildman–Crippen MR) is 30.6 cm³/mol. The van der Waals surface area contributed by atoms with Gasteiger partial charge in [0.1, 0.15) is 0 Å². The number of fused-ring (bicyclic) bond motifs is 1. The van der Waals surface area contributed by atoms with Crippen molar-refractivity contribution in [1.29, 1.82) is 0 Å². The van der Waals surface area contributed by atoms with E-state index < -0.39 is 0 Å². The highest BCUT2D eigenvalue weighted by molar-refractivity contribution is 5.03. The number of hydrogen-bond donors (Lipinski definition) is 1. The van der Waals surface area contributed by atoms with Gasteiger partial charge in [0.2, 0.25) is 0 Å². The normalized spacial score (nSPS) is 54.0.